The summed E-state index contributed by atoms with van der Waals surface area (Å²) in [5.41, 5.74) is 5.33. The van der Waals surface area contributed by atoms with Gasteiger partial charge in [-0.25, -0.2) is 9.97 Å². The van der Waals surface area contributed by atoms with Crippen molar-refractivity contribution in [2.24, 2.45) is 0 Å². The van der Waals surface area contributed by atoms with E-state index >= 15 is 0 Å². The lowest BCUT2D eigenvalue weighted by Gasteiger charge is -2.24. The molecular formula is C27H30N4O2. The van der Waals surface area contributed by atoms with Gasteiger partial charge in [-0.05, 0) is 69.0 Å². The zero-order valence-electron chi connectivity index (χ0n) is 19.4. The molecule has 2 aromatic heterocycles. The van der Waals surface area contributed by atoms with Crippen molar-refractivity contribution < 1.29 is 9.47 Å². The Hall–Kier alpha value is -3.38. The maximum absolute atomic E-state index is 5.98. The fourth-order valence-corrected chi connectivity index (χ4v) is 4.41. The predicted octanol–water partition coefficient (Wildman–Crippen LogP) is 5.77. The van der Waals surface area contributed by atoms with Gasteiger partial charge in [0.2, 0.25) is 0 Å². The van der Waals surface area contributed by atoms with E-state index in [9.17, 15) is 0 Å². The van der Waals surface area contributed by atoms with Gasteiger partial charge < -0.3 is 19.4 Å². The lowest BCUT2D eigenvalue weighted by Crippen LogP contribution is -2.28. The van der Waals surface area contributed by atoms with Crippen LogP contribution in [0, 0.1) is 6.92 Å². The summed E-state index contributed by atoms with van der Waals surface area (Å²) in [6.07, 6.45) is 5.87. The minimum Gasteiger partial charge on any atom is -0.491 e. The maximum atomic E-state index is 5.98. The third-order valence-electron chi connectivity index (χ3n) is 5.94. The molecule has 0 atom stereocenters. The minimum absolute atomic E-state index is 0.114. The van der Waals surface area contributed by atoms with E-state index in [0.29, 0.717) is 6.04 Å². The number of nitrogens with one attached hydrogen (secondary N) is 1. The normalized spacial score (nSPS) is 14.7. The quantitative estimate of drug-likeness (QED) is 0.410. The Morgan fingerprint density at radius 3 is 2.67 bits per heavy atom. The monoisotopic (exact) mass is 442 g/mol. The molecular weight excluding hydrogens is 412 g/mol. The number of hydrogen-bond acceptors (Lipinski definition) is 5. The summed E-state index contributed by atoms with van der Waals surface area (Å²) in [5, 5.41) is 4.70. The van der Waals surface area contributed by atoms with Gasteiger partial charge in [0.25, 0.3) is 0 Å². The highest BCUT2D eigenvalue weighted by Gasteiger charge is 2.21. The van der Waals surface area contributed by atoms with Gasteiger partial charge in [0.15, 0.2) is 5.65 Å². The van der Waals surface area contributed by atoms with Crippen LogP contribution in [0.1, 0.15) is 32.3 Å². The Balaban J connectivity index is 1.68. The molecule has 1 fully saturated rings. The van der Waals surface area contributed by atoms with E-state index in [1.165, 1.54) is 5.56 Å². The molecule has 1 saturated heterocycles. The number of aryl methyl sites for hydroxylation is 1. The fourth-order valence-electron chi connectivity index (χ4n) is 4.41. The van der Waals surface area contributed by atoms with E-state index in [1.807, 2.05) is 26.0 Å². The number of aromatic nitrogens is 3. The molecule has 0 spiro atoms. The number of anilines is 1. The molecule has 1 aliphatic rings. The molecule has 0 unspecified atom stereocenters. The Kier molecular flexibility index (Phi) is 6.01. The first-order chi connectivity index (χ1) is 16.1. The van der Waals surface area contributed by atoms with E-state index in [-0.39, 0.29) is 6.10 Å². The number of benzene rings is 2. The molecule has 2 aromatic carbocycles. The van der Waals surface area contributed by atoms with Crippen LogP contribution >= 0.6 is 0 Å². The van der Waals surface area contributed by atoms with Crippen molar-refractivity contribution in [3.8, 4) is 22.6 Å². The third kappa shape index (κ3) is 4.57. The second kappa shape index (κ2) is 9.24. The van der Waals surface area contributed by atoms with E-state index in [2.05, 4.69) is 64.4 Å². The summed E-state index contributed by atoms with van der Waals surface area (Å²) in [6, 6.07) is 17.1. The molecule has 33 heavy (non-hydrogen) atoms. The SMILES string of the molecule is Cc1cccc(-n2cc(-c3cccc(OC(C)C)c3)c3c(NC4CCOCC4)ncnc32)c1. The lowest BCUT2D eigenvalue weighted by atomic mass is 10.0. The lowest BCUT2D eigenvalue weighted by molar-refractivity contribution is 0.0904. The van der Waals surface area contributed by atoms with Gasteiger partial charge in [0.1, 0.15) is 17.9 Å². The summed E-state index contributed by atoms with van der Waals surface area (Å²) in [6.45, 7) is 7.74. The van der Waals surface area contributed by atoms with E-state index < -0.39 is 0 Å². The zero-order valence-corrected chi connectivity index (χ0v) is 19.4. The number of nitrogens with zero attached hydrogens (tertiary/aromatic N) is 3. The van der Waals surface area contributed by atoms with E-state index in [4.69, 9.17) is 14.5 Å². The molecule has 170 valence electrons. The van der Waals surface area contributed by atoms with Crippen molar-refractivity contribution >= 4 is 16.9 Å². The molecule has 0 bridgehead atoms. The molecule has 6 nitrogen and oxygen atoms in total. The van der Waals surface area contributed by atoms with Crippen LogP contribution in [0.2, 0.25) is 0 Å². The van der Waals surface area contributed by atoms with Gasteiger partial charge >= 0.3 is 0 Å². The first-order valence-corrected chi connectivity index (χ1v) is 11.6. The minimum atomic E-state index is 0.114. The largest absolute Gasteiger partial charge is 0.491 e. The van der Waals surface area contributed by atoms with Gasteiger partial charge in [-0.2, -0.15) is 0 Å². The Bertz CT molecular complexity index is 1260. The molecule has 6 heteroatoms. The Morgan fingerprint density at radius 2 is 1.88 bits per heavy atom. The second-order valence-electron chi connectivity index (χ2n) is 8.90. The van der Waals surface area contributed by atoms with Crippen LogP contribution in [-0.4, -0.2) is 39.9 Å². The number of hydrogen-bond donors (Lipinski definition) is 1. The molecule has 1 N–H and O–H groups in total. The second-order valence-corrected chi connectivity index (χ2v) is 8.90. The summed E-state index contributed by atoms with van der Waals surface area (Å²) in [7, 11) is 0. The van der Waals surface area contributed by atoms with Crippen molar-refractivity contribution in [3.05, 3.63) is 66.6 Å². The standard InChI is InChI=1S/C27H30N4O2/c1-18(2)33-23-9-5-7-20(15-23)24-16-31(22-8-4-6-19(3)14-22)27-25(24)26(28-17-29-27)30-21-10-12-32-13-11-21/h4-9,14-18,21H,10-13H2,1-3H3,(H,28,29,30). The highest BCUT2D eigenvalue weighted by Crippen LogP contribution is 2.37. The average Bonchev–Trinajstić information content (AvgIpc) is 3.20. The molecule has 0 saturated carbocycles. The zero-order chi connectivity index (χ0) is 22.8. The van der Waals surface area contributed by atoms with Crippen LogP contribution < -0.4 is 10.1 Å². The van der Waals surface area contributed by atoms with Crippen LogP contribution in [0.25, 0.3) is 27.8 Å². The molecule has 0 radical (unpaired) electrons. The molecule has 4 aromatic rings. The van der Waals surface area contributed by atoms with Crippen LogP contribution in [0.15, 0.2) is 61.1 Å². The predicted molar refractivity (Wildman–Crippen MR) is 132 cm³/mol. The summed E-state index contributed by atoms with van der Waals surface area (Å²) in [5.74, 6) is 1.72. The van der Waals surface area contributed by atoms with E-state index in [0.717, 1.165) is 65.5 Å². The molecule has 0 aliphatic carbocycles. The number of rotatable bonds is 6. The van der Waals surface area contributed by atoms with E-state index in [1.54, 1.807) is 6.33 Å². The van der Waals surface area contributed by atoms with Crippen molar-refractivity contribution in [3.63, 3.8) is 0 Å². The fraction of sp³-hybridized carbons (Fsp3) is 0.333. The first-order valence-electron chi connectivity index (χ1n) is 11.6. The van der Waals surface area contributed by atoms with Crippen molar-refractivity contribution in [1.82, 2.24) is 14.5 Å². The number of fused-ring (bicyclic) bond motifs is 1. The van der Waals surface area contributed by atoms with Gasteiger partial charge in [0, 0.05) is 36.7 Å². The summed E-state index contributed by atoms with van der Waals surface area (Å²) < 4.78 is 13.7. The third-order valence-corrected chi connectivity index (χ3v) is 5.94. The maximum Gasteiger partial charge on any atom is 0.150 e. The molecule has 5 rings (SSSR count). The smallest absolute Gasteiger partial charge is 0.150 e. The van der Waals surface area contributed by atoms with Gasteiger partial charge in [-0.1, -0.05) is 24.3 Å². The Labute approximate surface area is 194 Å². The highest BCUT2D eigenvalue weighted by molar-refractivity contribution is 6.02. The van der Waals surface area contributed by atoms with Crippen LogP contribution in [0.5, 0.6) is 5.75 Å². The van der Waals surface area contributed by atoms with Gasteiger partial charge in [-0.15, -0.1) is 0 Å². The summed E-state index contributed by atoms with van der Waals surface area (Å²) in [4.78, 5) is 9.39. The van der Waals surface area contributed by atoms with Crippen LogP contribution in [-0.2, 0) is 4.74 Å². The average molecular weight is 443 g/mol. The highest BCUT2D eigenvalue weighted by atomic mass is 16.5. The Morgan fingerprint density at radius 1 is 1.06 bits per heavy atom. The van der Waals surface area contributed by atoms with Crippen LogP contribution in [0.3, 0.4) is 0 Å². The number of ether oxygens (including phenoxy) is 2. The van der Waals surface area contributed by atoms with Crippen molar-refractivity contribution in [1.29, 1.82) is 0 Å². The molecule has 0 amide bonds. The summed E-state index contributed by atoms with van der Waals surface area (Å²) >= 11 is 0. The molecule has 1 aliphatic heterocycles. The first kappa shape index (κ1) is 21.5. The molecule has 3 heterocycles. The van der Waals surface area contributed by atoms with Gasteiger partial charge in [-0.3, -0.25) is 0 Å². The van der Waals surface area contributed by atoms with Gasteiger partial charge in [0.05, 0.1) is 11.5 Å². The topological polar surface area (TPSA) is 61.2 Å². The van der Waals surface area contributed by atoms with Crippen LogP contribution in [0.4, 0.5) is 5.82 Å². The van der Waals surface area contributed by atoms with Crippen molar-refractivity contribution in [2.45, 2.75) is 45.8 Å². The van der Waals surface area contributed by atoms with Crippen molar-refractivity contribution in [2.75, 3.05) is 18.5 Å².